The number of benzene rings is 6. The fraction of sp³-hybridized carbons (Fsp3) is 0. The lowest BCUT2D eigenvalue weighted by Gasteiger charge is -2.15. The Morgan fingerprint density at radius 1 is 0.250 bits per heavy atom. The topological polar surface area (TPSA) is 0 Å². The van der Waals surface area contributed by atoms with Crippen molar-refractivity contribution >= 4 is 21.5 Å². The van der Waals surface area contributed by atoms with Crippen molar-refractivity contribution in [1.82, 2.24) is 0 Å². The van der Waals surface area contributed by atoms with E-state index in [0.29, 0.717) is 0 Å². The van der Waals surface area contributed by atoms with E-state index in [2.05, 4.69) is 133 Å². The van der Waals surface area contributed by atoms with Gasteiger partial charge >= 0.3 is 0 Å². The summed E-state index contributed by atoms with van der Waals surface area (Å²) in [7, 11) is 0. The monoisotopic (exact) mass is 406 g/mol. The molecule has 0 nitrogen and oxygen atoms in total. The van der Waals surface area contributed by atoms with Crippen LogP contribution in [0, 0.1) is 0 Å². The fourth-order valence-corrected chi connectivity index (χ4v) is 4.65. The summed E-state index contributed by atoms with van der Waals surface area (Å²) in [5.74, 6) is 0. The van der Waals surface area contributed by atoms with E-state index in [0.717, 1.165) is 0 Å². The zero-order valence-corrected chi connectivity index (χ0v) is 17.7. The van der Waals surface area contributed by atoms with Crippen LogP contribution in [0.25, 0.3) is 54.9 Å². The van der Waals surface area contributed by atoms with Gasteiger partial charge in [0.2, 0.25) is 0 Å². The second kappa shape index (κ2) is 7.83. The average molecular weight is 407 g/mol. The zero-order chi connectivity index (χ0) is 21.3. The van der Waals surface area contributed by atoms with E-state index in [9.17, 15) is 0 Å². The summed E-state index contributed by atoms with van der Waals surface area (Å²) in [5, 5.41) is 5.07. The highest BCUT2D eigenvalue weighted by Crippen LogP contribution is 2.39. The molecule has 0 amide bonds. The summed E-state index contributed by atoms with van der Waals surface area (Å²) in [6, 6.07) is 48.1. The first-order chi connectivity index (χ1) is 15.9. The summed E-state index contributed by atoms with van der Waals surface area (Å²) in [4.78, 5) is 0. The largest absolute Gasteiger partial charge is 0.0616 e. The van der Waals surface area contributed by atoms with Gasteiger partial charge in [0, 0.05) is 0 Å². The molecule has 0 unspecified atom stereocenters. The molecule has 0 aliphatic heterocycles. The van der Waals surface area contributed by atoms with Crippen LogP contribution in [0.5, 0.6) is 0 Å². The smallest absolute Gasteiger partial charge is 0.00992 e. The molecule has 0 aliphatic carbocycles. The van der Waals surface area contributed by atoms with Crippen molar-refractivity contribution < 1.29 is 0 Å². The highest BCUT2D eigenvalue weighted by atomic mass is 14.2. The lowest BCUT2D eigenvalue weighted by atomic mass is 9.88. The molecule has 6 rings (SSSR count). The molecule has 0 bridgehead atoms. The summed E-state index contributed by atoms with van der Waals surface area (Å²) in [6.45, 7) is 0. The van der Waals surface area contributed by atoms with Gasteiger partial charge in [0.05, 0.1) is 0 Å². The van der Waals surface area contributed by atoms with Gasteiger partial charge in [0.25, 0.3) is 0 Å². The first kappa shape index (κ1) is 18.6. The minimum Gasteiger partial charge on any atom is -0.0616 e. The molecule has 32 heavy (non-hydrogen) atoms. The molecule has 0 heterocycles. The summed E-state index contributed by atoms with van der Waals surface area (Å²) >= 11 is 0. The third kappa shape index (κ3) is 3.27. The van der Waals surface area contributed by atoms with E-state index in [1.165, 1.54) is 54.9 Å². The van der Waals surface area contributed by atoms with Gasteiger partial charge in [-0.1, -0.05) is 121 Å². The van der Waals surface area contributed by atoms with Crippen LogP contribution in [0.2, 0.25) is 0 Å². The number of rotatable bonds is 3. The Morgan fingerprint density at radius 2 is 0.594 bits per heavy atom. The molecule has 0 N–H and O–H groups in total. The number of hydrogen-bond acceptors (Lipinski definition) is 0. The SMILES string of the molecule is c1ccc(-c2ccccc2-c2ccc3ccccc3c2)c(-c2ccc3ccccc3c2)c1. The normalized spacial score (nSPS) is 11.1. The molecule has 0 heteroatoms. The van der Waals surface area contributed by atoms with Gasteiger partial charge in [-0.05, 0) is 67.1 Å². The molecular formula is C32H22. The molecule has 0 fully saturated rings. The summed E-state index contributed by atoms with van der Waals surface area (Å²) in [6.07, 6.45) is 0. The predicted octanol–water partition coefficient (Wildman–Crippen LogP) is 8.99. The van der Waals surface area contributed by atoms with Crippen LogP contribution in [-0.4, -0.2) is 0 Å². The van der Waals surface area contributed by atoms with E-state index in [-0.39, 0.29) is 0 Å². The molecule has 0 aliphatic rings. The van der Waals surface area contributed by atoms with Gasteiger partial charge in [0.1, 0.15) is 0 Å². The Hall–Kier alpha value is -4.16. The number of fused-ring (bicyclic) bond motifs is 2. The zero-order valence-electron chi connectivity index (χ0n) is 17.7. The van der Waals surface area contributed by atoms with Crippen LogP contribution in [-0.2, 0) is 0 Å². The van der Waals surface area contributed by atoms with Gasteiger partial charge in [-0.3, -0.25) is 0 Å². The maximum absolute atomic E-state index is 2.30. The number of hydrogen-bond donors (Lipinski definition) is 0. The molecule has 6 aromatic rings. The fourth-order valence-electron chi connectivity index (χ4n) is 4.65. The van der Waals surface area contributed by atoms with E-state index in [4.69, 9.17) is 0 Å². The van der Waals surface area contributed by atoms with E-state index < -0.39 is 0 Å². The maximum Gasteiger partial charge on any atom is -0.00992 e. The standard InChI is InChI=1S/C32H22/c1-3-11-25-21-27(19-17-23(25)9-1)29-13-5-7-15-31(29)32-16-8-6-14-30(32)28-20-18-24-10-2-4-12-26(24)22-28/h1-22H. The van der Waals surface area contributed by atoms with E-state index >= 15 is 0 Å². The molecule has 0 saturated carbocycles. The quantitative estimate of drug-likeness (QED) is 0.275. The first-order valence-electron chi connectivity index (χ1n) is 11.0. The first-order valence-corrected chi connectivity index (χ1v) is 11.0. The van der Waals surface area contributed by atoms with Crippen molar-refractivity contribution in [2.24, 2.45) is 0 Å². The van der Waals surface area contributed by atoms with Gasteiger partial charge in [-0.25, -0.2) is 0 Å². The second-order valence-corrected chi connectivity index (χ2v) is 8.22. The van der Waals surface area contributed by atoms with Crippen molar-refractivity contribution in [3.05, 3.63) is 133 Å². The summed E-state index contributed by atoms with van der Waals surface area (Å²) in [5.41, 5.74) is 7.51. The minimum absolute atomic E-state index is 1.24. The molecule has 0 spiro atoms. The van der Waals surface area contributed by atoms with Crippen molar-refractivity contribution in [1.29, 1.82) is 0 Å². The maximum atomic E-state index is 2.30. The van der Waals surface area contributed by atoms with Crippen LogP contribution < -0.4 is 0 Å². The highest BCUT2D eigenvalue weighted by molar-refractivity contribution is 5.96. The van der Waals surface area contributed by atoms with Crippen molar-refractivity contribution in [2.75, 3.05) is 0 Å². The molecule has 0 saturated heterocycles. The van der Waals surface area contributed by atoms with Gasteiger partial charge in [0.15, 0.2) is 0 Å². The predicted molar refractivity (Wildman–Crippen MR) is 138 cm³/mol. The Bertz CT molecular complexity index is 1450. The van der Waals surface area contributed by atoms with Gasteiger partial charge < -0.3 is 0 Å². The molecule has 150 valence electrons. The van der Waals surface area contributed by atoms with Crippen LogP contribution in [0.4, 0.5) is 0 Å². The molecule has 0 aromatic heterocycles. The Balaban J connectivity index is 1.54. The Labute approximate surface area is 188 Å². The van der Waals surface area contributed by atoms with Crippen molar-refractivity contribution in [3.8, 4) is 33.4 Å². The summed E-state index contributed by atoms with van der Waals surface area (Å²) < 4.78 is 0. The molecular weight excluding hydrogens is 384 g/mol. The third-order valence-corrected chi connectivity index (χ3v) is 6.27. The van der Waals surface area contributed by atoms with Crippen LogP contribution in [0.15, 0.2) is 133 Å². The second-order valence-electron chi connectivity index (χ2n) is 8.22. The van der Waals surface area contributed by atoms with Gasteiger partial charge in [-0.2, -0.15) is 0 Å². The lowest BCUT2D eigenvalue weighted by Crippen LogP contribution is -1.89. The molecule has 6 aromatic carbocycles. The Kier molecular flexibility index (Phi) is 4.55. The minimum atomic E-state index is 1.24. The highest BCUT2D eigenvalue weighted by Gasteiger charge is 2.12. The van der Waals surface area contributed by atoms with Crippen LogP contribution in [0.1, 0.15) is 0 Å². The molecule has 0 radical (unpaired) electrons. The lowest BCUT2D eigenvalue weighted by molar-refractivity contribution is 1.58. The van der Waals surface area contributed by atoms with Gasteiger partial charge in [-0.15, -0.1) is 0 Å². The van der Waals surface area contributed by atoms with Crippen LogP contribution >= 0.6 is 0 Å². The average Bonchev–Trinajstić information content (AvgIpc) is 2.88. The van der Waals surface area contributed by atoms with Crippen molar-refractivity contribution in [3.63, 3.8) is 0 Å². The third-order valence-electron chi connectivity index (χ3n) is 6.27. The molecule has 0 atom stereocenters. The van der Waals surface area contributed by atoms with E-state index in [1.54, 1.807) is 0 Å². The van der Waals surface area contributed by atoms with Crippen molar-refractivity contribution in [2.45, 2.75) is 0 Å². The Morgan fingerprint density at radius 3 is 1.03 bits per heavy atom. The van der Waals surface area contributed by atoms with Crippen LogP contribution in [0.3, 0.4) is 0 Å². The van der Waals surface area contributed by atoms with E-state index in [1.807, 2.05) is 0 Å².